The number of fused-ring (bicyclic) bond motifs is 3. The maximum absolute atomic E-state index is 5.66. The largest absolute Gasteiger partial charge is 0.376 e. The molecule has 1 nitrogen and oxygen atoms in total. The van der Waals surface area contributed by atoms with Gasteiger partial charge in [-0.1, -0.05) is 48.5 Å². The van der Waals surface area contributed by atoms with Crippen LogP contribution in [-0.4, -0.2) is 6.61 Å². The van der Waals surface area contributed by atoms with E-state index in [0.29, 0.717) is 0 Å². The second-order valence-corrected chi connectivity index (χ2v) is 4.12. The summed E-state index contributed by atoms with van der Waals surface area (Å²) in [5.41, 5.74) is 5.35. The van der Waals surface area contributed by atoms with E-state index in [1.807, 2.05) is 0 Å². The molecule has 0 bridgehead atoms. The van der Waals surface area contributed by atoms with Gasteiger partial charge in [-0.3, -0.25) is 0 Å². The van der Waals surface area contributed by atoms with Gasteiger partial charge < -0.3 is 4.74 Å². The molecule has 0 saturated heterocycles. The van der Waals surface area contributed by atoms with Gasteiger partial charge in [0.25, 0.3) is 0 Å². The fourth-order valence-electron chi connectivity index (χ4n) is 2.27. The van der Waals surface area contributed by atoms with E-state index in [9.17, 15) is 0 Å². The lowest BCUT2D eigenvalue weighted by Gasteiger charge is -2.17. The Morgan fingerprint density at radius 3 is 2.19 bits per heavy atom. The molecule has 16 heavy (non-hydrogen) atoms. The highest BCUT2D eigenvalue weighted by molar-refractivity contribution is 5.70. The zero-order valence-electron chi connectivity index (χ0n) is 9.15. The van der Waals surface area contributed by atoms with Crippen molar-refractivity contribution >= 4 is 0 Å². The molecule has 0 aromatic heterocycles. The van der Waals surface area contributed by atoms with Crippen molar-refractivity contribution in [2.24, 2.45) is 0 Å². The molecular formula is C15H14O. The standard InChI is InChI=1S/C15H14O/c1-3-7-14-12(5-1)9-10-16-11-13-6-2-4-8-15(13)14/h1-8H,9-11H2. The van der Waals surface area contributed by atoms with Gasteiger partial charge in [-0.15, -0.1) is 0 Å². The minimum Gasteiger partial charge on any atom is -0.376 e. The first-order chi connectivity index (χ1) is 7.95. The Hall–Kier alpha value is -1.60. The second-order valence-electron chi connectivity index (χ2n) is 4.12. The van der Waals surface area contributed by atoms with E-state index in [4.69, 9.17) is 4.74 Å². The monoisotopic (exact) mass is 210 g/mol. The van der Waals surface area contributed by atoms with Gasteiger partial charge in [-0.25, -0.2) is 0 Å². The normalized spacial score (nSPS) is 14.5. The Labute approximate surface area is 95.7 Å². The van der Waals surface area contributed by atoms with Crippen LogP contribution in [0.1, 0.15) is 11.1 Å². The summed E-state index contributed by atoms with van der Waals surface area (Å²) in [5.74, 6) is 0. The molecule has 3 rings (SSSR count). The van der Waals surface area contributed by atoms with Crippen LogP contribution in [0.25, 0.3) is 11.1 Å². The molecule has 0 radical (unpaired) electrons. The van der Waals surface area contributed by atoms with Crippen LogP contribution in [-0.2, 0) is 17.8 Å². The van der Waals surface area contributed by atoms with E-state index in [1.165, 1.54) is 22.3 Å². The third kappa shape index (κ3) is 1.63. The summed E-state index contributed by atoms with van der Waals surface area (Å²) in [6.07, 6.45) is 1.00. The van der Waals surface area contributed by atoms with Gasteiger partial charge in [-0.05, 0) is 28.7 Å². The maximum Gasteiger partial charge on any atom is 0.0723 e. The molecule has 0 amide bonds. The topological polar surface area (TPSA) is 9.23 Å². The lowest BCUT2D eigenvalue weighted by molar-refractivity contribution is 0.123. The molecule has 0 N–H and O–H groups in total. The number of hydrogen-bond donors (Lipinski definition) is 0. The lowest BCUT2D eigenvalue weighted by atomic mass is 9.93. The Morgan fingerprint density at radius 1 is 0.750 bits per heavy atom. The van der Waals surface area contributed by atoms with Gasteiger partial charge in [-0.2, -0.15) is 0 Å². The number of hydrogen-bond acceptors (Lipinski definition) is 1. The van der Waals surface area contributed by atoms with Crippen LogP contribution < -0.4 is 0 Å². The number of benzene rings is 2. The van der Waals surface area contributed by atoms with Crippen LogP contribution in [0, 0.1) is 0 Å². The highest BCUT2D eigenvalue weighted by Crippen LogP contribution is 2.29. The predicted octanol–water partition coefficient (Wildman–Crippen LogP) is 3.43. The molecule has 0 atom stereocenters. The molecule has 0 fully saturated rings. The fraction of sp³-hybridized carbons (Fsp3) is 0.200. The Bertz CT molecular complexity index is 455. The summed E-state index contributed by atoms with van der Waals surface area (Å²) in [4.78, 5) is 0. The summed E-state index contributed by atoms with van der Waals surface area (Å²) in [6, 6.07) is 17.1. The molecule has 1 aliphatic rings. The molecule has 2 aromatic rings. The van der Waals surface area contributed by atoms with Crippen molar-refractivity contribution < 1.29 is 4.74 Å². The molecular weight excluding hydrogens is 196 g/mol. The maximum atomic E-state index is 5.66. The van der Waals surface area contributed by atoms with E-state index in [2.05, 4.69) is 48.5 Å². The van der Waals surface area contributed by atoms with Gasteiger partial charge >= 0.3 is 0 Å². The molecule has 1 aliphatic heterocycles. The number of rotatable bonds is 0. The van der Waals surface area contributed by atoms with Gasteiger partial charge in [0.1, 0.15) is 0 Å². The van der Waals surface area contributed by atoms with Gasteiger partial charge in [0.2, 0.25) is 0 Å². The molecule has 0 unspecified atom stereocenters. The zero-order chi connectivity index (χ0) is 10.8. The molecule has 0 saturated carbocycles. The average molecular weight is 210 g/mol. The van der Waals surface area contributed by atoms with Crippen molar-refractivity contribution in [1.82, 2.24) is 0 Å². The minimum atomic E-state index is 0.727. The summed E-state index contributed by atoms with van der Waals surface area (Å²) < 4.78 is 5.66. The SMILES string of the molecule is c1ccc2c(c1)CCOCc1ccccc1-2. The van der Waals surface area contributed by atoms with Crippen molar-refractivity contribution in [3.05, 3.63) is 59.7 Å². The first-order valence-corrected chi connectivity index (χ1v) is 5.69. The van der Waals surface area contributed by atoms with E-state index < -0.39 is 0 Å². The summed E-state index contributed by atoms with van der Waals surface area (Å²) in [5, 5.41) is 0. The lowest BCUT2D eigenvalue weighted by Crippen LogP contribution is -2.05. The van der Waals surface area contributed by atoms with Crippen molar-refractivity contribution in [3.63, 3.8) is 0 Å². The Morgan fingerprint density at radius 2 is 1.38 bits per heavy atom. The number of ether oxygens (including phenoxy) is 1. The highest BCUT2D eigenvalue weighted by Gasteiger charge is 2.11. The highest BCUT2D eigenvalue weighted by atomic mass is 16.5. The molecule has 0 aliphatic carbocycles. The fourth-order valence-corrected chi connectivity index (χ4v) is 2.27. The van der Waals surface area contributed by atoms with Crippen LogP contribution in [0.15, 0.2) is 48.5 Å². The second kappa shape index (κ2) is 4.11. The zero-order valence-corrected chi connectivity index (χ0v) is 9.15. The van der Waals surface area contributed by atoms with Crippen molar-refractivity contribution in [3.8, 4) is 11.1 Å². The van der Waals surface area contributed by atoms with Crippen LogP contribution in [0.5, 0.6) is 0 Å². The molecule has 1 heteroatoms. The molecule has 1 heterocycles. The molecule has 0 spiro atoms. The smallest absolute Gasteiger partial charge is 0.0723 e. The van der Waals surface area contributed by atoms with Gasteiger partial charge in [0.15, 0.2) is 0 Å². The Kier molecular flexibility index (Phi) is 2.47. The minimum absolute atomic E-state index is 0.727. The van der Waals surface area contributed by atoms with Crippen LogP contribution in [0.2, 0.25) is 0 Å². The van der Waals surface area contributed by atoms with Gasteiger partial charge in [0, 0.05) is 0 Å². The predicted molar refractivity (Wildman–Crippen MR) is 65.2 cm³/mol. The Balaban J connectivity index is 2.22. The van der Waals surface area contributed by atoms with Crippen molar-refractivity contribution in [2.75, 3.05) is 6.61 Å². The van der Waals surface area contributed by atoms with E-state index >= 15 is 0 Å². The van der Waals surface area contributed by atoms with E-state index in [1.54, 1.807) is 0 Å². The van der Waals surface area contributed by atoms with Crippen LogP contribution in [0.3, 0.4) is 0 Å². The third-order valence-electron chi connectivity index (χ3n) is 3.10. The van der Waals surface area contributed by atoms with Crippen LogP contribution in [0.4, 0.5) is 0 Å². The average Bonchev–Trinajstić information content (AvgIpc) is 2.33. The molecule has 2 aromatic carbocycles. The first-order valence-electron chi connectivity index (χ1n) is 5.69. The first kappa shape index (κ1) is 9.61. The van der Waals surface area contributed by atoms with E-state index in [-0.39, 0.29) is 0 Å². The summed E-state index contributed by atoms with van der Waals surface area (Å²) >= 11 is 0. The summed E-state index contributed by atoms with van der Waals surface area (Å²) in [7, 11) is 0. The summed E-state index contributed by atoms with van der Waals surface area (Å²) in [6.45, 7) is 1.54. The van der Waals surface area contributed by atoms with E-state index in [0.717, 1.165) is 19.6 Å². The quantitative estimate of drug-likeness (QED) is 0.647. The molecule has 80 valence electrons. The van der Waals surface area contributed by atoms with Crippen molar-refractivity contribution in [2.45, 2.75) is 13.0 Å². The van der Waals surface area contributed by atoms with Crippen LogP contribution >= 0.6 is 0 Å². The van der Waals surface area contributed by atoms with Gasteiger partial charge in [0.05, 0.1) is 13.2 Å². The third-order valence-corrected chi connectivity index (χ3v) is 3.10. The van der Waals surface area contributed by atoms with Crippen molar-refractivity contribution in [1.29, 1.82) is 0 Å².